The van der Waals surface area contributed by atoms with Crippen molar-refractivity contribution in [1.82, 2.24) is 0 Å². The van der Waals surface area contributed by atoms with Crippen molar-refractivity contribution in [3.8, 4) is 0 Å². The van der Waals surface area contributed by atoms with Gasteiger partial charge in [-0.25, -0.2) is 9.13 Å². The fraction of sp³-hybridized carbons (Fsp3) is 0.562. The summed E-state index contributed by atoms with van der Waals surface area (Å²) < 4.78 is 4.68. The molecule has 0 unspecified atom stereocenters. The third-order valence-corrected chi connectivity index (χ3v) is 6.75. The van der Waals surface area contributed by atoms with E-state index in [0.29, 0.717) is 0 Å². The molecule has 2 aromatic rings. The average molecular weight is 534 g/mol. The topological polar surface area (TPSA) is 7.76 Å². The predicted octanol–water partition coefficient (Wildman–Crippen LogP) is 1.89. The molecule has 2 aromatic heterocycles. The van der Waals surface area contributed by atoms with Gasteiger partial charge in [-0.05, 0) is 62.5 Å². The Morgan fingerprint density at radius 2 is 0.778 bits per heavy atom. The van der Waals surface area contributed by atoms with Crippen LogP contribution >= 0.6 is 0 Å². The summed E-state index contributed by atoms with van der Waals surface area (Å²) >= 11 is 0. The summed E-state index contributed by atoms with van der Waals surface area (Å²) in [5, 5.41) is 0. The maximum absolute atomic E-state index is 3.80. The number of hydrogen-bond donors (Lipinski definition) is 0. The van der Waals surface area contributed by atoms with Gasteiger partial charge >= 0.3 is 0 Å². The monoisotopic (exact) mass is 532 g/mol. The molecule has 0 bridgehead atoms. The van der Waals surface area contributed by atoms with E-state index in [0.717, 1.165) is 38.8 Å². The third-order valence-electron chi connectivity index (χ3n) is 6.75. The lowest BCUT2D eigenvalue weighted by Crippen LogP contribution is -3.00. The van der Waals surface area contributed by atoms with E-state index in [4.69, 9.17) is 0 Å². The number of unbranched alkanes of at least 4 members (excludes halogenated alkanes) is 11. The van der Waals surface area contributed by atoms with Crippen LogP contribution in [0.25, 0.3) is 0 Å². The quantitative estimate of drug-likeness (QED) is 0.132. The van der Waals surface area contributed by atoms with Gasteiger partial charge in [0.15, 0.2) is 24.8 Å². The summed E-state index contributed by atoms with van der Waals surface area (Å²) in [6.07, 6.45) is 33.7. The minimum absolute atomic E-state index is 0. The highest BCUT2D eigenvalue weighted by molar-refractivity contribution is 5.08. The molecule has 4 heteroatoms. The van der Waals surface area contributed by atoms with Gasteiger partial charge in [0, 0.05) is 37.1 Å². The summed E-state index contributed by atoms with van der Waals surface area (Å²) in [7, 11) is 0. The number of pyridine rings is 2. The normalized spacial score (nSPS) is 10.3. The third kappa shape index (κ3) is 16.9. The van der Waals surface area contributed by atoms with E-state index in [2.05, 4.69) is 71.3 Å². The van der Waals surface area contributed by atoms with Crippen LogP contribution in [0.2, 0.25) is 0 Å². The van der Waals surface area contributed by atoms with E-state index in [1.165, 1.54) is 88.2 Å². The molecule has 2 rings (SSSR count). The van der Waals surface area contributed by atoms with E-state index < -0.39 is 0 Å². The highest BCUT2D eigenvalue weighted by Gasteiger charge is 2.03. The molecular weight excluding hydrogens is 483 g/mol. The molecule has 2 heterocycles. The minimum Gasteiger partial charge on any atom is -1.00 e. The summed E-state index contributed by atoms with van der Waals surface area (Å²) in [5.41, 5.74) is 2.89. The molecule has 0 radical (unpaired) electrons. The van der Waals surface area contributed by atoms with Gasteiger partial charge in [-0.1, -0.05) is 50.7 Å². The van der Waals surface area contributed by atoms with Gasteiger partial charge in [0.25, 0.3) is 0 Å². The Morgan fingerprint density at radius 3 is 1.08 bits per heavy atom. The molecule has 0 saturated carbocycles. The van der Waals surface area contributed by atoms with E-state index in [1.54, 1.807) is 0 Å². The molecule has 0 aliphatic heterocycles. The number of nitrogens with zero attached hydrogens (tertiary/aromatic N) is 2. The number of aromatic nitrogens is 2. The van der Waals surface area contributed by atoms with Gasteiger partial charge in [-0.2, -0.15) is 0 Å². The first kappa shape index (κ1) is 34.4. The van der Waals surface area contributed by atoms with Crippen molar-refractivity contribution in [1.29, 1.82) is 0 Å². The SMILES string of the molecule is C=CCCCc1cc[n+](CCCCCCCCCCCC[n+]2ccc(CCCC=C)cc2)cc1.[Cl-].[Cl-]. The molecule has 0 aromatic carbocycles. The molecule has 202 valence electrons. The zero-order valence-electron chi connectivity index (χ0n) is 22.6. The van der Waals surface area contributed by atoms with Crippen LogP contribution in [0.4, 0.5) is 0 Å². The van der Waals surface area contributed by atoms with Crippen LogP contribution in [0, 0.1) is 0 Å². The van der Waals surface area contributed by atoms with E-state index in [9.17, 15) is 0 Å². The number of aryl methyl sites for hydroxylation is 4. The highest BCUT2D eigenvalue weighted by atomic mass is 35.5. The molecule has 0 amide bonds. The van der Waals surface area contributed by atoms with Crippen molar-refractivity contribution in [3.63, 3.8) is 0 Å². The predicted molar refractivity (Wildman–Crippen MR) is 146 cm³/mol. The zero-order valence-corrected chi connectivity index (χ0v) is 24.1. The summed E-state index contributed by atoms with van der Waals surface area (Å²) in [4.78, 5) is 0. The standard InChI is InChI=1S/C32H50N2.2ClH/c1-3-5-15-19-31-21-27-33(28-22-31)25-17-13-11-9-7-8-10-12-14-18-26-34-29-23-32(24-30-34)20-16-6-4-2;;/h3-4,21-24,27-30H,1-2,5-20,25-26H2;2*1H/q+2;;/p-2. The molecule has 0 N–H and O–H groups in total. The Hall–Kier alpha value is -1.64. The molecular formula is C32H50Cl2N2. The summed E-state index contributed by atoms with van der Waals surface area (Å²) in [6, 6.07) is 9.13. The van der Waals surface area contributed by atoms with Crippen molar-refractivity contribution >= 4 is 0 Å². The van der Waals surface area contributed by atoms with E-state index in [1.807, 2.05) is 12.2 Å². The number of hydrogen-bond acceptors (Lipinski definition) is 0. The zero-order chi connectivity index (χ0) is 24.1. The van der Waals surface area contributed by atoms with Gasteiger partial charge in [0.05, 0.1) is 0 Å². The second-order valence-electron chi connectivity index (χ2n) is 9.79. The van der Waals surface area contributed by atoms with Gasteiger partial charge < -0.3 is 24.8 Å². The Balaban J connectivity index is 0.00000612. The number of halogens is 2. The van der Waals surface area contributed by atoms with Gasteiger partial charge in [0.1, 0.15) is 13.1 Å². The first-order chi connectivity index (χ1) is 16.8. The van der Waals surface area contributed by atoms with Crippen molar-refractivity contribution < 1.29 is 33.9 Å². The fourth-order valence-corrected chi connectivity index (χ4v) is 4.51. The van der Waals surface area contributed by atoms with Crippen LogP contribution in [0.5, 0.6) is 0 Å². The first-order valence-corrected chi connectivity index (χ1v) is 14.0. The van der Waals surface area contributed by atoms with E-state index >= 15 is 0 Å². The number of rotatable bonds is 21. The average Bonchev–Trinajstić information content (AvgIpc) is 2.87. The summed E-state index contributed by atoms with van der Waals surface area (Å²) in [6.45, 7) is 9.91. The lowest BCUT2D eigenvalue weighted by molar-refractivity contribution is -0.697. The molecule has 0 saturated heterocycles. The largest absolute Gasteiger partial charge is 1.00 e. The molecule has 2 nitrogen and oxygen atoms in total. The van der Waals surface area contributed by atoms with Crippen LogP contribution in [-0.4, -0.2) is 0 Å². The Morgan fingerprint density at radius 1 is 0.472 bits per heavy atom. The van der Waals surface area contributed by atoms with Crippen LogP contribution in [-0.2, 0) is 25.9 Å². The van der Waals surface area contributed by atoms with Crippen molar-refractivity contribution in [3.05, 3.63) is 85.5 Å². The lowest BCUT2D eigenvalue weighted by atomic mass is 10.1. The Labute approximate surface area is 234 Å². The maximum Gasteiger partial charge on any atom is 0.169 e. The van der Waals surface area contributed by atoms with Crippen LogP contribution in [0.1, 0.15) is 101 Å². The van der Waals surface area contributed by atoms with E-state index in [-0.39, 0.29) is 24.8 Å². The second-order valence-corrected chi connectivity index (χ2v) is 9.79. The maximum atomic E-state index is 3.80. The van der Waals surface area contributed by atoms with Crippen molar-refractivity contribution in [2.24, 2.45) is 0 Å². The second kappa shape index (κ2) is 23.7. The molecule has 0 aliphatic rings. The molecule has 0 aliphatic carbocycles. The highest BCUT2D eigenvalue weighted by Crippen LogP contribution is 2.11. The number of allylic oxidation sites excluding steroid dienone is 2. The van der Waals surface area contributed by atoms with Crippen molar-refractivity contribution in [2.45, 2.75) is 116 Å². The molecule has 0 fully saturated rings. The Bertz CT molecular complexity index is 704. The molecule has 0 atom stereocenters. The lowest BCUT2D eigenvalue weighted by Gasteiger charge is -2.03. The first-order valence-electron chi connectivity index (χ1n) is 14.0. The smallest absolute Gasteiger partial charge is 0.169 e. The summed E-state index contributed by atoms with van der Waals surface area (Å²) in [5.74, 6) is 0. The van der Waals surface area contributed by atoms with Crippen LogP contribution in [0.15, 0.2) is 74.4 Å². The molecule has 0 spiro atoms. The van der Waals surface area contributed by atoms with Crippen LogP contribution in [0.3, 0.4) is 0 Å². The molecule has 36 heavy (non-hydrogen) atoms. The fourth-order valence-electron chi connectivity index (χ4n) is 4.51. The van der Waals surface area contributed by atoms with Crippen LogP contribution < -0.4 is 33.9 Å². The van der Waals surface area contributed by atoms with Crippen molar-refractivity contribution in [2.75, 3.05) is 0 Å². The van der Waals surface area contributed by atoms with Gasteiger partial charge in [0.2, 0.25) is 0 Å². The van der Waals surface area contributed by atoms with Gasteiger partial charge in [-0.3, -0.25) is 0 Å². The Kier molecular flexibility index (Phi) is 22.7. The minimum atomic E-state index is 0. The van der Waals surface area contributed by atoms with Gasteiger partial charge in [-0.15, -0.1) is 13.2 Å².